The minimum Gasteiger partial charge on any atom is -0.342 e. The fourth-order valence-electron chi connectivity index (χ4n) is 2.76. The Kier molecular flexibility index (Phi) is 9.28. The summed E-state index contributed by atoms with van der Waals surface area (Å²) < 4.78 is 0. The minimum atomic E-state index is 0.296. The van der Waals surface area contributed by atoms with Crippen LogP contribution >= 0.6 is 11.6 Å². The number of carbonyl (C=O) groups excluding carboxylic acids is 1. The Hall–Kier alpha value is -0.280. The summed E-state index contributed by atoms with van der Waals surface area (Å²) in [6, 6.07) is 0. The molecular formula is C16H31ClN2O. The maximum Gasteiger partial charge on any atom is 0.222 e. The van der Waals surface area contributed by atoms with E-state index in [1.165, 1.54) is 38.8 Å². The van der Waals surface area contributed by atoms with Gasteiger partial charge in [0.15, 0.2) is 0 Å². The lowest BCUT2D eigenvalue weighted by molar-refractivity contribution is -0.127. The quantitative estimate of drug-likeness (QED) is 0.546. The fourth-order valence-corrected chi connectivity index (χ4v) is 2.96. The van der Waals surface area contributed by atoms with E-state index < -0.39 is 0 Å². The van der Waals surface area contributed by atoms with Gasteiger partial charge in [0.25, 0.3) is 0 Å². The van der Waals surface area contributed by atoms with Gasteiger partial charge >= 0.3 is 0 Å². The van der Waals surface area contributed by atoms with Crippen molar-refractivity contribution in [1.82, 2.24) is 9.80 Å². The molecule has 0 spiro atoms. The normalized spacial score (nSPS) is 19.3. The molecule has 0 aliphatic carbocycles. The molecule has 0 saturated carbocycles. The number of halogens is 1. The van der Waals surface area contributed by atoms with E-state index in [0.717, 1.165) is 26.1 Å². The molecule has 1 saturated heterocycles. The van der Waals surface area contributed by atoms with Crippen LogP contribution in [0.4, 0.5) is 0 Å². The predicted octanol–water partition coefficient (Wildman–Crippen LogP) is 3.37. The number of carbonyl (C=O) groups is 1. The molecule has 1 rings (SSSR count). The van der Waals surface area contributed by atoms with E-state index in [0.29, 0.717) is 24.1 Å². The van der Waals surface area contributed by atoms with Gasteiger partial charge < -0.3 is 9.80 Å². The van der Waals surface area contributed by atoms with Crippen LogP contribution in [0, 0.1) is 5.92 Å². The second-order valence-corrected chi connectivity index (χ2v) is 6.28. The molecule has 1 amide bonds. The largest absolute Gasteiger partial charge is 0.342 e. The van der Waals surface area contributed by atoms with Crippen LogP contribution in [-0.4, -0.2) is 54.3 Å². The summed E-state index contributed by atoms with van der Waals surface area (Å²) in [6.07, 6.45) is 6.81. The van der Waals surface area contributed by atoms with E-state index in [1.807, 2.05) is 4.90 Å². The summed E-state index contributed by atoms with van der Waals surface area (Å²) in [4.78, 5) is 16.4. The summed E-state index contributed by atoms with van der Waals surface area (Å²) in [5.41, 5.74) is 0. The molecule has 3 nitrogen and oxygen atoms in total. The highest BCUT2D eigenvalue weighted by Crippen LogP contribution is 2.19. The fraction of sp³-hybridized carbons (Fsp3) is 0.938. The van der Waals surface area contributed by atoms with Crippen LogP contribution < -0.4 is 0 Å². The monoisotopic (exact) mass is 302 g/mol. The molecule has 118 valence electrons. The Morgan fingerprint density at radius 1 is 1.15 bits per heavy atom. The van der Waals surface area contributed by atoms with Crippen molar-refractivity contribution < 1.29 is 4.79 Å². The Morgan fingerprint density at radius 2 is 1.75 bits per heavy atom. The maximum absolute atomic E-state index is 11.8. The number of hydrogen-bond donors (Lipinski definition) is 0. The van der Waals surface area contributed by atoms with Crippen molar-refractivity contribution in [2.24, 2.45) is 5.92 Å². The van der Waals surface area contributed by atoms with Gasteiger partial charge in [-0.25, -0.2) is 0 Å². The number of likely N-dealkylation sites (tertiary alicyclic amines) is 1. The average molecular weight is 303 g/mol. The summed E-state index contributed by atoms with van der Waals surface area (Å²) in [6.45, 7) is 9.78. The summed E-state index contributed by atoms with van der Waals surface area (Å²) in [5, 5.41) is 0. The van der Waals surface area contributed by atoms with E-state index in [1.54, 1.807) is 0 Å². The number of unbranched alkanes of at least 4 members (excludes halogenated alkanes) is 2. The van der Waals surface area contributed by atoms with Gasteiger partial charge in [0.1, 0.15) is 0 Å². The lowest BCUT2D eigenvalue weighted by atomic mass is 10.1. The van der Waals surface area contributed by atoms with E-state index in [2.05, 4.69) is 18.7 Å². The number of hydrogen-bond acceptors (Lipinski definition) is 2. The van der Waals surface area contributed by atoms with Crippen LogP contribution in [0.3, 0.4) is 0 Å². The van der Waals surface area contributed by atoms with Crippen molar-refractivity contribution in [3.05, 3.63) is 0 Å². The topological polar surface area (TPSA) is 23.6 Å². The zero-order valence-electron chi connectivity index (χ0n) is 13.2. The zero-order chi connectivity index (χ0) is 14.8. The van der Waals surface area contributed by atoms with Crippen molar-refractivity contribution in [3.8, 4) is 0 Å². The molecule has 1 atom stereocenters. The highest BCUT2D eigenvalue weighted by atomic mass is 35.5. The van der Waals surface area contributed by atoms with Gasteiger partial charge in [-0.15, -0.1) is 11.6 Å². The van der Waals surface area contributed by atoms with Crippen molar-refractivity contribution in [2.75, 3.05) is 38.6 Å². The summed E-state index contributed by atoms with van der Waals surface area (Å²) >= 11 is 5.85. The van der Waals surface area contributed by atoms with Crippen LogP contribution in [0.2, 0.25) is 0 Å². The highest BCUT2D eigenvalue weighted by Gasteiger charge is 2.28. The Morgan fingerprint density at radius 3 is 2.25 bits per heavy atom. The molecule has 0 aromatic rings. The SMILES string of the molecule is CCCCN(CCCC)CCCN1CC(CCl)CC1=O. The summed E-state index contributed by atoms with van der Waals surface area (Å²) in [7, 11) is 0. The second-order valence-electron chi connectivity index (χ2n) is 5.97. The van der Waals surface area contributed by atoms with Gasteiger partial charge in [-0.2, -0.15) is 0 Å². The van der Waals surface area contributed by atoms with Gasteiger partial charge in [-0.1, -0.05) is 26.7 Å². The molecule has 1 fully saturated rings. The lowest BCUT2D eigenvalue weighted by Crippen LogP contribution is -2.32. The predicted molar refractivity (Wildman–Crippen MR) is 86.3 cm³/mol. The second kappa shape index (κ2) is 10.4. The van der Waals surface area contributed by atoms with Crippen LogP contribution in [0.15, 0.2) is 0 Å². The standard InChI is InChI=1S/C16H31ClN2O/c1-3-5-8-18(9-6-4-2)10-7-11-19-14-15(13-17)12-16(19)20/h15H,3-14H2,1-2H3. The molecule has 4 heteroatoms. The molecule has 1 unspecified atom stereocenters. The lowest BCUT2D eigenvalue weighted by Gasteiger charge is -2.23. The third-order valence-electron chi connectivity index (χ3n) is 4.07. The smallest absolute Gasteiger partial charge is 0.222 e. The molecule has 0 aromatic carbocycles. The molecule has 0 aromatic heterocycles. The van der Waals surface area contributed by atoms with E-state index >= 15 is 0 Å². The first-order valence-corrected chi connectivity index (χ1v) is 8.80. The van der Waals surface area contributed by atoms with Crippen molar-refractivity contribution >= 4 is 17.5 Å². The third-order valence-corrected chi connectivity index (χ3v) is 4.51. The zero-order valence-corrected chi connectivity index (χ0v) is 14.0. The molecule has 20 heavy (non-hydrogen) atoms. The molecule has 0 radical (unpaired) electrons. The molecule has 1 heterocycles. The van der Waals surface area contributed by atoms with Crippen molar-refractivity contribution in [2.45, 2.75) is 52.4 Å². The van der Waals surface area contributed by atoms with E-state index in [9.17, 15) is 4.79 Å². The van der Waals surface area contributed by atoms with Crippen LogP contribution in [0.5, 0.6) is 0 Å². The summed E-state index contributed by atoms with van der Waals surface area (Å²) in [5.74, 6) is 1.28. The molecular weight excluding hydrogens is 272 g/mol. The number of nitrogens with zero attached hydrogens (tertiary/aromatic N) is 2. The number of alkyl halides is 1. The van der Waals surface area contributed by atoms with E-state index in [4.69, 9.17) is 11.6 Å². The van der Waals surface area contributed by atoms with Crippen LogP contribution in [-0.2, 0) is 4.79 Å². The van der Waals surface area contributed by atoms with Crippen LogP contribution in [0.25, 0.3) is 0 Å². The van der Waals surface area contributed by atoms with Gasteiger partial charge in [-0.05, 0) is 44.8 Å². The third kappa shape index (κ3) is 6.45. The Balaban J connectivity index is 2.23. The average Bonchev–Trinajstić information content (AvgIpc) is 2.82. The van der Waals surface area contributed by atoms with Crippen LogP contribution in [0.1, 0.15) is 52.4 Å². The molecule has 0 N–H and O–H groups in total. The first kappa shape index (κ1) is 17.8. The Bertz CT molecular complexity index is 265. The van der Waals surface area contributed by atoms with Gasteiger partial charge in [0.05, 0.1) is 0 Å². The maximum atomic E-state index is 11.8. The van der Waals surface area contributed by atoms with Gasteiger partial charge in [-0.3, -0.25) is 4.79 Å². The molecule has 1 aliphatic rings. The van der Waals surface area contributed by atoms with Crippen molar-refractivity contribution in [3.63, 3.8) is 0 Å². The van der Waals surface area contributed by atoms with Crippen molar-refractivity contribution in [1.29, 1.82) is 0 Å². The van der Waals surface area contributed by atoms with Gasteiger partial charge in [0.2, 0.25) is 5.91 Å². The minimum absolute atomic E-state index is 0.296. The van der Waals surface area contributed by atoms with E-state index in [-0.39, 0.29) is 0 Å². The first-order valence-electron chi connectivity index (χ1n) is 8.27. The number of amides is 1. The Labute approximate surface area is 129 Å². The molecule has 1 aliphatic heterocycles. The molecule has 0 bridgehead atoms. The highest BCUT2D eigenvalue weighted by molar-refractivity contribution is 6.18. The van der Waals surface area contributed by atoms with Gasteiger partial charge in [0, 0.05) is 25.4 Å². The first-order chi connectivity index (χ1) is 9.71. The number of rotatable bonds is 11.